The van der Waals surface area contributed by atoms with Crippen LogP contribution in [-0.2, 0) is 9.53 Å². The summed E-state index contributed by atoms with van der Waals surface area (Å²) in [6, 6.07) is 0. The van der Waals surface area contributed by atoms with Crippen LogP contribution in [0, 0.1) is 11.8 Å². The molecule has 0 amide bonds. The van der Waals surface area contributed by atoms with E-state index in [9.17, 15) is 4.79 Å². The minimum absolute atomic E-state index is 0.0515. The van der Waals surface area contributed by atoms with Crippen molar-refractivity contribution in [1.29, 1.82) is 0 Å². The second-order valence-electron chi connectivity index (χ2n) is 6.14. The van der Waals surface area contributed by atoms with E-state index in [-0.39, 0.29) is 17.3 Å². The monoisotopic (exact) mass is 375 g/mol. The smallest absolute Gasteiger partial charge is 0.312 e. The van der Waals surface area contributed by atoms with Gasteiger partial charge < -0.3 is 10.1 Å². The number of carbonyl (C=O) groups excluding carboxylic acids is 1. The topological polar surface area (TPSA) is 77.7 Å². The second kappa shape index (κ2) is 9.76. The molecule has 9 heteroatoms. The van der Waals surface area contributed by atoms with Crippen molar-refractivity contribution in [2.75, 3.05) is 19.9 Å². The molecular formula is C15H29N5O2S2. The van der Waals surface area contributed by atoms with E-state index >= 15 is 0 Å². The summed E-state index contributed by atoms with van der Waals surface area (Å²) in [4.78, 5) is 12.5. The van der Waals surface area contributed by atoms with Gasteiger partial charge in [0, 0.05) is 5.25 Å². The number of thiocarbonyl (C=S) groups is 1. The zero-order valence-corrected chi connectivity index (χ0v) is 16.3. The van der Waals surface area contributed by atoms with Crippen molar-refractivity contribution >= 4 is 35.1 Å². The van der Waals surface area contributed by atoms with Crippen LogP contribution in [-0.4, -0.2) is 46.7 Å². The van der Waals surface area contributed by atoms with Crippen LogP contribution in [0.15, 0.2) is 0 Å². The van der Waals surface area contributed by atoms with Gasteiger partial charge in [-0.3, -0.25) is 10.2 Å². The summed E-state index contributed by atoms with van der Waals surface area (Å²) in [5.74, 6) is 0.0516. The van der Waals surface area contributed by atoms with Crippen molar-refractivity contribution in [2.24, 2.45) is 11.8 Å². The fourth-order valence-electron chi connectivity index (χ4n) is 3.19. The molecule has 0 aliphatic carbocycles. The number of thioether (sulfide) groups is 1. The fraction of sp³-hybridized carbons (Fsp3) is 0.867. The lowest BCUT2D eigenvalue weighted by Gasteiger charge is -2.25. The Bertz CT molecular complexity index is 434. The third-order valence-corrected chi connectivity index (χ3v) is 6.09. The molecule has 24 heavy (non-hydrogen) atoms. The van der Waals surface area contributed by atoms with Crippen LogP contribution >= 0.6 is 24.0 Å². The second-order valence-corrected chi connectivity index (χ2v) is 8.07. The van der Waals surface area contributed by atoms with E-state index in [1.165, 1.54) is 0 Å². The summed E-state index contributed by atoms with van der Waals surface area (Å²) < 4.78 is 5.34. The summed E-state index contributed by atoms with van der Waals surface area (Å²) in [7, 11) is 0. The van der Waals surface area contributed by atoms with Crippen LogP contribution < -0.4 is 21.6 Å². The number of unbranched alkanes of at least 4 members (excludes halogenated alkanes) is 1. The van der Waals surface area contributed by atoms with Crippen LogP contribution in [0.1, 0.15) is 40.0 Å². The van der Waals surface area contributed by atoms with Crippen molar-refractivity contribution in [3.8, 4) is 0 Å². The first-order valence-electron chi connectivity index (χ1n) is 8.66. The first kappa shape index (κ1) is 19.7. The first-order valence-corrected chi connectivity index (χ1v) is 10.0. The summed E-state index contributed by atoms with van der Waals surface area (Å²) in [6.07, 6.45) is 3.31. The average Bonchev–Trinajstić information content (AvgIpc) is 3.13. The van der Waals surface area contributed by atoms with Crippen LogP contribution in [0.2, 0.25) is 0 Å². The van der Waals surface area contributed by atoms with E-state index in [1.807, 2.05) is 11.9 Å². The van der Waals surface area contributed by atoms with Crippen molar-refractivity contribution in [3.63, 3.8) is 0 Å². The van der Waals surface area contributed by atoms with E-state index in [2.05, 4.69) is 35.4 Å². The van der Waals surface area contributed by atoms with Crippen molar-refractivity contribution in [2.45, 2.75) is 50.7 Å². The third-order valence-electron chi connectivity index (χ3n) is 4.40. The largest absolute Gasteiger partial charge is 0.466 e. The highest BCUT2D eigenvalue weighted by atomic mass is 32.2. The Labute approximate surface area is 153 Å². The summed E-state index contributed by atoms with van der Waals surface area (Å²) in [5, 5.41) is 6.13. The highest BCUT2D eigenvalue weighted by Gasteiger charge is 2.46. The molecular weight excluding hydrogens is 346 g/mol. The maximum Gasteiger partial charge on any atom is 0.312 e. The zero-order chi connectivity index (χ0) is 17.5. The number of esters is 1. The van der Waals surface area contributed by atoms with Gasteiger partial charge in [-0.15, -0.1) is 11.8 Å². The number of nitrogens with one attached hydrogen (secondary N) is 4. The maximum atomic E-state index is 12.5. The molecule has 2 saturated heterocycles. The molecule has 2 aliphatic heterocycles. The molecule has 2 heterocycles. The molecule has 0 aromatic carbocycles. The van der Waals surface area contributed by atoms with Gasteiger partial charge in [0.2, 0.25) is 0 Å². The standard InChI is InChI=1S/C15H29N5O2S2/c1-4-6-7-11-10(3)24-13(12(11)14(21)22-5-2)18-15(23)19-20-8-16-17-9-20/h10-13,16-17H,4-9H2,1-3H3,(H2,18,19,23). The molecule has 2 fully saturated rings. The molecule has 4 N–H and O–H groups in total. The normalized spacial score (nSPS) is 30.3. The first-order chi connectivity index (χ1) is 11.6. The number of rotatable bonds is 7. The van der Waals surface area contributed by atoms with E-state index < -0.39 is 0 Å². The number of carbonyl (C=O) groups is 1. The molecule has 0 aromatic heterocycles. The van der Waals surface area contributed by atoms with Crippen molar-refractivity contribution < 1.29 is 9.53 Å². The van der Waals surface area contributed by atoms with Gasteiger partial charge in [-0.25, -0.2) is 10.9 Å². The molecule has 0 bridgehead atoms. The average molecular weight is 376 g/mol. The Morgan fingerprint density at radius 1 is 1.38 bits per heavy atom. The molecule has 4 atom stereocenters. The number of hydrogen-bond donors (Lipinski definition) is 4. The Balaban J connectivity index is 1.99. The lowest BCUT2D eigenvalue weighted by molar-refractivity contribution is -0.149. The zero-order valence-electron chi connectivity index (χ0n) is 14.6. The van der Waals surface area contributed by atoms with Gasteiger partial charge in [-0.2, -0.15) is 5.01 Å². The van der Waals surface area contributed by atoms with Crippen LogP contribution in [0.3, 0.4) is 0 Å². The molecule has 0 saturated carbocycles. The fourth-order valence-corrected chi connectivity index (χ4v) is 5.16. The summed E-state index contributed by atoms with van der Waals surface area (Å²) in [6.45, 7) is 7.97. The van der Waals surface area contributed by atoms with Gasteiger partial charge in [-0.05, 0) is 31.5 Å². The van der Waals surface area contributed by atoms with E-state index in [0.29, 0.717) is 36.2 Å². The lowest BCUT2D eigenvalue weighted by Crippen LogP contribution is -2.51. The molecule has 138 valence electrons. The quantitative estimate of drug-likeness (QED) is 0.387. The van der Waals surface area contributed by atoms with E-state index in [0.717, 1.165) is 19.3 Å². The Kier molecular flexibility index (Phi) is 8.02. The lowest BCUT2D eigenvalue weighted by atomic mass is 9.85. The van der Waals surface area contributed by atoms with Gasteiger partial charge >= 0.3 is 5.97 Å². The molecule has 2 rings (SSSR count). The summed E-state index contributed by atoms with van der Waals surface area (Å²) >= 11 is 7.19. The Hall–Kier alpha value is -0.610. The third kappa shape index (κ3) is 5.19. The van der Waals surface area contributed by atoms with Gasteiger partial charge in [-0.1, -0.05) is 26.7 Å². The number of hydrazine groups is 2. The van der Waals surface area contributed by atoms with E-state index in [1.54, 1.807) is 11.8 Å². The van der Waals surface area contributed by atoms with Gasteiger partial charge in [0.25, 0.3) is 0 Å². The minimum atomic E-state index is -0.161. The number of ether oxygens (including phenoxy) is 1. The number of nitrogens with zero attached hydrogens (tertiary/aromatic N) is 1. The highest BCUT2D eigenvalue weighted by molar-refractivity contribution is 8.00. The van der Waals surface area contributed by atoms with Gasteiger partial charge in [0.05, 0.1) is 31.2 Å². The Morgan fingerprint density at radius 3 is 2.71 bits per heavy atom. The van der Waals surface area contributed by atoms with E-state index in [4.69, 9.17) is 17.0 Å². The predicted octanol–water partition coefficient (Wildman–Crippen LogP) is 1.14. The van der Waals surface area contributed by atoms with Crippen molar-refractivity contribution in [3.05, 3.63) is 0 Å². The minimum Gasteiger partial charge on any atom is -0.466 e. The highest BCUT2D eigenvalue weighted by Crippen LogP contribution is 2.44. The summed E-state index contributed by atoms with van der Waals surface area (Å²) in [5.41, 5.74) is 9.13. The van der Waals surface area contributed by atoms with Crippen LogP contribution in [0.4, 0.5) is 0 Å². The molecule has 0 aromatic rings. The van der Waals surface area contributed by atoms with Crippen LogP contribution in [0.25, 0.3) is 0 Å². The predicted molar refractivity (Wildman–Crippen MR) is 101 cm³/mol. The molecule has 0 radical (unpaired) electrons. The molecule has 7 nitrogen and oxygen atoms in total. The SMILES string of the molecule is CCCCC1C(C)SC(NC(=S)NN2CNNC2)C1C(=O)OCC. The number of hydrogen-bond acceptors (Lipinski definition) is 7. The molecule has 0 spiro atoms. The maximum absolute atomic E-state index is 12.5. The van der Waals surface area contributed by atoms with Gasteiger partial charge in [0.15, 0.2) is 5.11 Å². The van der Waals surface area contributed by atoms with Crippen LogP contribution in [0.5, 0.6) is 0 Å². The van der Waals surface area contributed by atoms with Gasteiger partial charge in [0.1, 0.15) is 0 Å². The Morgan fingerprint density at radius 2 is 2.08 bits per heavy atom. The molecule has 2 aliphatic rings. The molecule has 4 unspecified atom stereocenters. The van der Waals surface area contributed by atoms with Crippen molar-refractivity contribution in [1.82, 2.24) is 26.6 Å².